The Labute approximate surface area is 419 Å². The predicted octanol–water partition coefficient (Wildman–Crippen LogP) is 19.3. The minimum atomic E-state index is -0.731. The summed E-state index contributed by atoms with van der Waals surface area (Å²) in [6.07, 6.45) is 0. The van der Waals surface area contributed by atoms with Crippen molar-refractivity contribution >= 4 is 66.4 Å². The van der Waals surface area contributed by atoms with Gasteiger partial charge in [0.1, 0.15) is 46.5 Å². The fourth-order valence-corrected chi connectivity index (χ4v) is 10.0. The van der Waals surface area contributed by atoms with Crippen LogP contribution in [0.4, 0.5) is 69.2 Å². The zero-order valence-corrected chi connectivity index (χ0v) is 38.7. The normalized spacial score (nSPS) is 11.5. The van der Waals surface area contributed by atoms with E-state index in [-0.39, 0.29) is 11.4 Å². The van der Waals surface area contributed by atoms with Crippen LogP contribution < -0.4 is 9.80 Å². The standard InChI is InChI=1S/C64H36F8N2/c65-47-13-1-37(2-14-47)43-29-44(38-3-15-48(66)16-4-38)32-53(31-43)73(61-35-51(69)21-25-57(61)71)59-27-11-41-10-24-56-60(28-12-42-9-23-55(59)63(41)64(42)56)74(62-36-52(70)22-26-58(62)72)54-33-45(39-5-17-49(67)18-6-39)30-46(34-54)40-7-19-50(68)20-8-40/h1-36H. The molecule has 0 fully saturated rings. The van der Waals surface area contributed by atoms with Crippen molar-refractivity contribution in [3.8, 4) is 44.5 Å². The maximum atomic E-state index is 16.6. The zero-order chi connectivity index (χ0) is 50.8. The predicted molar refractivity (Wildman–Crippen MR) is 281 cm³/mol. The lowest BCUT2D eigenvalue weighted by Crippen LogP contribution is -2.14. The van der Waals surface area contributed by atoms with Crippen molar-refractivity contribution in [1.82, 2.24) is 0 Å². The zero-order valence-electron chi connectivity index (χ0n) is 38.7. The van der Waals surface area contributed by atoms with E-state index in [1.54, 1.807) is 82.6 Å². The molecule has 74 heavy (non-hydrogen) atoms. The lowest BCUT2D eigenvalue weighted by atomic mass is 9.91. The molecule has 0 aliphatic rings. The molecular weight excluding hydrogens is 949 g/mol. The molecule has 358 valence electrons. The van der Waals surface area contributed by atoms with Gasteiger partial charge in [0, 0.05) is 34.3 Å². The smallest absolute Gasteiger partial charge is 0.147 e. The summed E-state index contributed by atoms with van der Waals surface area (Å²) in [5, 5.41) is 4.26. The molecule has 0 aliphatic heterocycles. The molecule has 0 spiro atoms. The van der Waals surface area contributed by atoms with Gasteiger partial charge in [0.2, 0.25) is 0 Å². The van der Waals surface area contributed by atoms with Crippen molar-refractivity contribution < 1.29 is 35.1 Å². The van der Waals surface area contributed by atoms with Gasteiger partial charge in [-0.25, -0.2) is 35.1 Å². The number of hydrogen-bond acceptors (Lipinski definition) is 2. The fourth-order valence-electron chi connectivity index (χ4n) is 10.0. The number of benzene rings is 12. The van der Waals surface area contributed by atoms with Crippen LogP contribution in [-0.2, 0) is 0 Å². The van der Waals surface area contributed by atoms with Crippen LogP contribution >= 0.6 is 0 Å². The molecule has 0 saturated heterocycles. The summed E-state index contributed by atoms with van der Waals surface area (Å²) in [6, 6.07) is 55.9. The second-order valence-electron chi connectivity index (χ2n) is 18.0. The summed E-state index contributed by atoms with van der Waals surface area (Å²) in [4.78, 5) is 3.25. The van der Waals surface area contributed by atoms with Gasteiger partial charge >= 0.3 is 0 Å². The van der Waals surface area contributed by atoms with Crippen LogP contribution in [0.3, 0.4) is 0 Å². The maximum absolute atomic E-state index is 16.6. The van der Waals surface area contributed by atoms with Gasteiger partial charge in [0.15, 0.2) is 0 Å². The molecule has 0 heterocycles. The minimum absolute atomic E-state index is 0.118. The van der Waals surface area contributed by atoms with Crippen LogP contribution in [0.2, 0.25) is 0 Å². The van der Waals surface area contributed by atoms with Gasteiger partial charge in [0.25, 0.3) is 0 Å². The molecule has 0 aliphatic carbocycles. The molecule has 12 aromatic carbocycles. The number of rotatable bonds is 10. The lowest BCUT2D eigenvalue weighted by molar-refractivity contribution is 0.601. The highest BCUT2D eigenvalue weighted by atomic mass is 19.2. The van der Waals surface area contributed by atoms with Crippen molar-refractivity contribution in [2.24, 2.45) is 0 Å². The number of hydrogen-bond donors (Lipinski definition) is 0. The van der Waals surface area contributed by atoms with E-state index in [2.05, 4.69) is 0 Å². The van der Waals surface area contributed by atoms with E-state index >= 15 is 17.6 Å². The average Bonchev–Trinajstić information content (AvgIpc) is 3.44. The summed E-state index contributed by atoms with van der Waals surface area (Å²) < 4.78 is 121. The van der Waals surface area contributed by atoms with Gasteiger partial charge in [-0.2, -0.15) is 0 Å². The Morgan fingerprint density at radius 2 is 0.500 bits per heavy atom. The molecule has 0 atom stereocenters. The van der Waals surface area contributed by atoms with E-state index in [1.165, 1.54) is 48.5 Å². The quantitative estimate of drug-likeness (QED) is 0.0995. The van der Waals surface area contributed by atoms with E-state index in [0.29, 0.717) is 78.0 Å². The average molecular weight is 985 g/mol. The highest BCUT2D eigenvalue weighted by Crippen LogP contribution is 2.50. The minimum Gasteiger partial charge on any atom is -0.307 e. The topological polar surface area (TPSA) is 6.48 Å². The molecule has 2 nitrogen and oxygen atoms in total. The number of anilines is 6. The second-order valence-corrected chi connectivity index (χ2v) is 18.0. The number of nitrogens with zero attached hydrogens (tertiary/aromatic N) is 2. The Balaban J connectivity index is 1.12. The summed E-state index contributed by atoms with van der Waals surface area (Å²) in [7, 11) is 0. The first-order valence-electron chi connectivity index (χ1n) is 23.5. The van der Waals surface area contributed by atoms with E-state index in [4.69, 9.17) is 0 Å². The first-order valence-corrected chi connectivity index (χ1v) is 23.5. The summed E-state index contributed by atoms with van der Waals surface area (Å²) in [5.41, 5.74) is 6.44. The van der Waals surface area contributed by atoms with Crippen LogP contribution in [0.15, 0.2) is 218 Å². The molecule has 10 heteroatoms. The number of halogens is 8. The monoisotopic (exact) mass is 984 g/mol. The third-order valence-corrected chi connectivity index (χ3v) is 13.5. The third-order valence-electron chi connectivity index (χ3n) is 13.5. The molecule has 0 saturated carbocycles. The van der Waals surface area contributed by atoms with Crippen molar-refractivity contribution in [2.75, 3.05) is 9.80 Å². The van der Waals surface area contributed by atoms with Crippen LogP contribution in [-0.4, -0.2) is 0 Å². The highest BCUT2D eigenvalue weighted by Gasteiger charge is 2.26. The molecule has 0 bridgehead atoms. The highest BCUT2D eigenvalue weighted by molar-refractivity contribution is 6.28. The van der Waals surface area contributed by atoms with Crippen LogP contribution in [0, 0.1) is 46.5 Å². The molecular formula is C64H36F8N2. The first kappa shape index (κ1) is 45.8. The Hall–Kier alpha value is -9.28. The summed E-state index contributed by atoms with van der Waals surface area (Å²) in [5.74, 6) is -4.63. The van der Waals surface area contributed by atoms with Gasteiger partial charge in [-0.15, -0.1) is 0 Å². The summed E-state index contributed by atoms with van der Waals surface area (Å²) >= 11 is 0. The Morgan fingerprint density at radius 3 is 0.811 bits per heavy atom. The van der Waals surface area contributed by atoms with Crippen LogP contribution in [0.1, 0.15) is 0 Å². The van der Waals surface area contributed by atoms with Gasteiger partial charge in [-0.3, -0.25) is 0 Å². The molecule has 0 amide bonds. The Kier molecular flexibility index (Phi) is 11.4. The second kappa shape index (κ2) is 18.4. The maximum Gasteiger partial charge on any atom is 0.147 e. The lowest BCUT2D eigenvalue weighted by Gasteiger charge is -2.30. The molecule has 0 N–H and O–H groups in total. The largest absolute Gasteiger partial charge is 0.307 e. The Bertz CT molecular complexity index is 3710. The van der Waals surface area contributed by atoms with Gasteiger partial charge in [-0.1, -0.05) is 84.9 Å². The molecule has 0 aromatic heterocycles. The Morgan fingerprint density at radius 1 is 0.216 bits per heavy atom. The van der Waals surface area contributed by atoms with Gasteiger partial charge < -0.3 is 9.80 Å². The SMILES string of the molecule is Fc1ccc(-c2cc(-c3ccc(F)cc3)cc(N(c3cc(F)ccc3F)c3ccc4ccc5c(N(c6cc(-c7ccc(F)cc7)cc(-c7ccc(F)cc7)c6)c6cc(F)ccc6F)ccc6ccc3c4c65)c2)cc1. The van der Waals surface area contributed by atoms with E-state index in [9.17, 15) is 17.6 Å². The van der Waals surface area contributed by atoms with Crippen molar-refractivity contribution in [3.05, 3.63) is 265 Å². The molecule has 12 aromatic rings. The first-order chi connectivity index (χ1) is 35.9. The summed E-state index contributed by atoms with van der Waals surface area (Å²) in [6.45, 7) is 0. The molecule has 12 rings (SSSR count). The van der Waals surface area contributed by atoms with Gasteiger partial charge in [-0.05, 0) is 187 Å². The third kappa shape index (κ3) is 8.39. The van der Waals surface area contributed by atoms with Crippen molar-refractivity contribution in [2.45, 2.75) is 0 Å². The van der Waals surface area contributed by atoms with Gasteiger partial charge in [0.05, 0.1) is 22.7 Å². The van der Waals surface area contributed by atoms with Crippen molar-refractivity contribution in [3.63, 3.8) is 0 Å². The van der Waals surface area contributed by atoms with Crippen LogP contribution in [0.25, 0.3) is 76.8 Å². The van der Waals surface area contributed by atoms with E-state index < -0.39 is 46.5 Å². The molecule has 0 radical (unpaired) electrons. The van der Waals surface area contributed by atoms with E-state index in [1.807, 2.05) is 60.7 Å². The fraction of sp³-hybridized carbons (Fsp3) is 0. The molecule has 0 unspecified atom stereocenters. The van der Waals surface area contributed by atoms with Crippen molar-refractivity contribution in [1.29, 1.82) is 0 Å². The van der Waals surface area contributed by atoms with E-state index in [0.717, 1.165) is 57.9 Å². The van der Waals surface area contributed by atoms with Crippen LogP contribution in [0.5, 0.6) is 0 Å².